The van der Waals surface area contributed by atoms with E-state index in [1.165, 1.54) is 31.2 Å². The minimum atomic E-state index is -0.735. The third kappa shape index (κ3) is 5.16. The number of nitrogens with zero attached hydrogens (tertiary/aromatic N) is 1. The molecule has 0 bridgehead atoms. The number of thiophene rings is 1. The molecular formula is C22H26N2O6S. The predicted octanol–water partition coefficient (Wildman–Crippen LogP) is 3.10. The van der Waals surface area contributed by atoms with Gasteiger partial charge in [-0.3, -0.25) is 9.59 Å². The molecular weight excluding hydrogens is 420 g/mol. The van der Waals surface area contributed by atoms with Crippen molar-refractivity contribution < 1.29 is 28.6 Å². The summed E-state index contributed by atoms with van der Waals surface area (Å²) < 4.78 is 15.8. The first-order valence-corrected chi connectivity index (χ1v) is 10.8. The van der Waals surface area contributed by atoms with E-state index >= 15 is 0 Å². The van der Waals surface area contributed by atoms with Crippen LogP contribution in [0.3, 0.4) is 0 Å². The predicted molar refractivity (Wildman–Crippen MR) is 117 cm³/mol. The minimum Gasteiger partial charge on any atom is -0.493 e. The van der Waals surface area contributed by atoms with E-state index in [9.17, 15) is 14.4 Å². The number of hydrogen-bond donors (Lipinski definition) is 1. The molecule has 1 N–H and O–H groups in total. The molecule has 1 aliphatic rings. The molecule has 31 heavy (non-hydrogen) atoms. The van der Waals surface area contributed by atoms with Crippen LogP contribution in [0.4, 0.5) is 5.69 Å². The van der Waals surface area contributed by atoms with Crippen LogP contribution in [0.25, 0.3) is 0 Å². The van der Waals surface area contributed by atoms with Gasteiger partial charge in [0.2, 0.25) is 5.91 Å². The number of methoxy groups -OCH3 is 2. The van der Waals surface area contributed by atoms with Crippen molar-refractivity contribution in [1.29, 1.82) is 0 Å². The molecule has 1 aromatic heterocycles. The molecule has 1 aromatic carbocycles. The molecule has 166 valence electrons. The Morgan fingerprint density at radius 2 is 1.87 bits per heavy atom. The zero-order chi connectivity index (χ0) is 22.5. The fourth-order valence-corrected chi connectivity index (χ4v) is 4.08. The first kappa shape index (κ1) is 22.6. The van der Waals surface area contributed by atoms with E-state index in [4.69, 9.17) is 14.2 Å². The molecule has 0 saturated carbocycles. The van der Waals surface area contributed by atoms with Crippen LogP contribution in [-0.4, -0.2) is 50.1 Å². The van der Waals surface area contributed by atoms with Crippen molar-refractivity contribution >= 4 is 34.8 Å². The second kappa shape index (κ2) is 9.82. The van der Waals surface area contributed by atoms with Crippen molar-refractivity contribution in [1.82, 2.24) is 4.90 Å². The highest BCUT2D eigenvalue weighted by molar-refractivity contribution is 7.10. The third-order valence-corrected chi connectivity index (χ3v) is 6.04. The number of fused-ring (bicyclic) bond motifs is 1. The lowest BCUT2D eigenvalue weighted by molar-refractivity contribution is -0.135. The Morgan fingerprint density at radius 3 is 2.55 bits per heavy atom. The largest absolute Gasteiger partial charge is 0.493 e. The average Bonchev–Trinajstić information content (AvgIpc) is 3.24. The van der Waals surface area contributed by atoms with E-state index in [0.29, 0.717) is 24.6 Å². The molecule has 3 rings (SSSR count). The van der Waals surface area contributed by atoms with Crippen molar-refractivity contribution in [2.75, 3.05) is 32.7 Å². The van der Waals surface area contributed by atoms with Gasteiger partial charge in [-0.1, -0.05) is 13.8 Å². The number of amides is 2. The molecule has 0 radical (unpaired) electrons. The molecule has 9 heteroatoms. The molecule has 8 nitrogen and oxygen atoms in total. The molecule has 2 heterocycles. The van der Waals surface area contributed by atoms with Crippen LogP contribution < -0.4 is 14.8 Å². The molecule has 2 amide bonds. The monoisotopic (exact) mass is 446 g/mol. The summed E-state index contributed by atoms with van der Waals surface area (Å²) in [5.41, 5.74) is 1.45. The van der Waals surface area contributed by atoms with Crippen LogP contribution in [0.1, 0.15) is 34.6 Å². The lowest BCUT2D eigenvalue weighted by atomic mass is 10.1. The van der Waals surface area contributed by atoms with E-state index in [2.05, 4.69) is 5.32 Å². The van der Waals surface area contributed by atoms with Crippen molar-refractivity contribution in [2.45, 2.75) is 26.8 Å². The highest BCUT2D eigenvalue weighted by Gasteiger charge is 2.25. The van der Waals surface area contributed by atoms with Gasteiger partial charge in [0.25, 0.3) is 5.91 Å². The Hall–Kier alpha value is -3.07. The molecule has 0 unspecified atom stereocenters. The number of nitrogens with one attached hydrogen (secondary N) is 1. The normalized spacial score (nSPS) is 12.9. The van der Waals surface area contributed by atoms with Crippen LogP contribution in [0.2, 0.25) is 0 Å². The summed E-state index contributed by atoms with van der Waals surface area (Å²) in [7, 11) is 2.90. The molecule has 1 aliphatic heterocycles. The highest BCUT2D eigenvalue weighted by Crippen LogP contribution is 2.34. The minimum absolute atomic E-state index is 0.0817. The highest BCUT2D eigenvalue weighted by atomic mass is 32.1. The lowest BCUT2D eigenvalue weighted by Crippen LogP contribution is -2.38. The van der Waals surface area contributed by atoms with Crippen molar-refractivity contribution in [3.8, 4) is 11.5 Å². The molecule has 0 fully saturated rings. The van der Waals surface area contributed by atoms with Gasteiger partial charge in [-0.2, -0.15) is 0 Å². The number of hydrogen-bond acceptors (Lipinski definition) is 7. The topological polar surface area (TPSA) is 94.2 Å². The number of carbonyl (C=O) groups excluding carboxylic acids is 3. The van der Waals surface area contributed by atoms with Gasteiger partial charge in [0.05, 0.1) is 25.5 Å². The van der Waals surface area contributed by atoms with Gasteiger partial charge in [-0.05, 0) is 23.4 Å². The molecule has 2 aromatic rings. The molecule has 0 saturated heterocycles. The summed E-state index contributed by atoms with van der Waals surface area (Å²) in [6.45, 7) is 4.20. The molecule has 0 atom stereocenters. The maximum absolute atomic E-state index is 12.8. The fourth-order valence-electron chi connectivity index (χ4n) is 3.19. The van der Waals surface area contributed by atoms with Gasteiger partial charge in [-0.25, -0.2) is 4.79 Å². The van der Waals surface area contributed by atoms with Crippen LogP contribution in [0.5, 0.6) is 11.5 Å². The molecule has 0 spiro atoms. The van der Waals surface area contributed by atoms with Crippen LogP contribution in [-0.2, 0) is 27.3 Å². The van der Waals surface area contributed by atoms with Crippen molar-refractivity contribution in [2.24, 2.45) is 5.92 Å². The lowest BCUT2D eigenvalue weighted by Gasteiger charge is -2.26. The smallest absolute Gasteiger partial charge is 0.340 e. The SMILES string of the molecule is COc1cc(NC(=O)C(C)C)c(C(=O)OCC(=O)N2CCc3sccc3C2)cc1OC. The zero-order valence-corrected chi connectivity index (χ0v) is 18.8. The zero-order valence-electron chi connectivity index (χ0n) is 18.0. The summed E-state index contributed by atoms with van der Waals surface area (Å²) in [6, 6.07) is 4.94. The van der Waals surface area contributed by atoms with E-state index < -0.39 is 5.97 Å². The third-order valence-electron chi connectivity index (χ3n) is 5.01. The average molecular weight is 447 g/mol. The van der Waals surface area contributed by atoms with E-state index in [1.54, 1.807) is 30.1 Å². The Labute approximate surface area is 185 Å². The number of benzene rings is 1. The van der Waals surface area contributed by atoms with Gasteiger partial charge < -0.3 is 24.4 Å². The maximum Gasteiger partial charge on any atom is 0.340 e. The Bertz CT molecular complexity index is 984. The van der Waals surface area contributed by atoms with Crippen molar-refractivity contribution in [3.63, 3.8) is 0 Å². The number of esters is 1. The van der Waals surface area contributed by atoms with Gasteiger partial charge in [0, 0.05) is 36.0 Å². The second-order valence-corrected chi connectivity index (χ2v) is 8.41. The van der Waals surface area contributed by atoms with E-state index in [0.717, 1.165) is 12.0 Å². The summed E-state index contributed by atoms with van der Waals surface area (Å²) >= 11 is 1.69. The Balaban J connectivity index is 1.73. The summed E-state index contributed by atoms with van der Waals surface area (Å²) in [6.07, 6.45) is 0.799. The van der Waals surface area contributed by atoms with Crippen LogP contribution >= 0.6 is 11.3 Å². The maximum atomic E-state index is 12.8. The molecule has 0 aliphatic carbocycles. The van der Waals surface area contributed by atoms with Crippen molar-refractivity contribution in [3.05, 3.63) is 39.6 Å². The fraction of sp³-hybridized carbons (Fsp3) is 0.409. The summed E-state index contributed by atoms with van der Waals surface area (Å²) in [4.78, 5) is 40.5. The second-order valence-electron chi connectivity index (χ2n) is 7.41. The van der Waals surface area contributed by atoms with Gasteiger partial charge in [0.15, 0.2) is 18.1 Å². The van der Waals surface area contributed by atoms with E-state index in [-0.39, 0.29) is 35.6 Å². The number of anilines is 1. The Morgan fingerprint density at radius 1 is 1.16 bits per heavy atom. The number of carbonyl (C=O) groups is 3. The quantitative estimate of drug-likeness (QED) is 0.657. The van der Waals surface area contributed by atoms with Gasteiger partial charge in [-0.15, -0.1) is 11.3 Å². The Kier molecular flexibility index (Phi) is 7.17. The van der Waals surface area contributed by atoms with Crippen LogP contribution in [0, 0.1) is 5.92 Å². The summed E-state index contributed by atoms with van der Waals surface area (Å²) in [5, 5.41) is 4.72. The van der Waals surface area contributed by atoms with Gasteiger partial charge >= 0.3 is 5.97 Å². The summed E-state index contributed by atoms with van der Waals surface area (Å²) in [5.74, 6) is -0.893. The van der Waals surface area contributed by atoms with Gasteiger partial charge in [0.1, 0.15) is 0 Å². The number of rotatable bonds is 7. The first-order valence-electron chi connectivity index (χ1n) is 9.91. The van der Waals surface area contributed by atoms with E-state index in [1.807, 2.05) is 11.4 Å². The standard InChI is InChI=1S/C22H26N2O6S/c1-13(2)21(26)23-16-10-18(29-4)17(28-3)9-15(16)22(27)30-12-20(25)24-7-5-19-14(11-24)6-8-31-19/h6,8-10,13H,5,7,11-12H2,1-4H3,(H,23,26). The first-order chi connectivity index (χ1) is 14.8. The number of ether oxygens (including phenoxy) is 3. The van der Waals surface area contributed by atoms with Crippen LogP contribution in [0.15, 0.2) is 23.6 Å².